The zero-order chi connectivity index (χ0) is 38.5. The number of ketones is 2. The van der Waals surface area contributed by atoms with Gasteiger partial charge >= 0.3 is 11.4 Å². The van der Waals surface area contributed by atoms with Gasteiger partial charge in [0.05, 0.1) is 55.4 Å². The standard InChI is InChI=1S/C38H40ClN5O9/c1-18-19(2)33(47)38(4)30(20-13-22(39)31(45)29(14-20)53-8)21-9-12-43-35(49)42(36(50)44(43)26(21)17-37(38,3)32(18)46)11-10-23-34(48)41(5)25-16-28(52-7)27(51-6)15-24(25)40-23/h9,13-16,26,30,45H,10-12,17H2,1-8H3/t26-,30+,37+,38-/m1/s1. The number of allylic oxidation sites excluding steroid dienone is 4. The van der Waals surface area contributed by atoms with Gasteiger partial charge in [0.25, 0.3) is 5.56 Å². The number of Topliss-reactive ketones (excluding diaryl/α,β-unsaturated/α-hetero) is 2. The van der Waals surface area contributed by atoms with E-state index < -0.39 is 39.7 Å². The normalized spacial score (nSPS) is 23.8. The molecule has 0 unspecified atom stereocenters. The van der Waals surface area contributed by atoms with Crippen molar-refractivity contribution in [2.75, 3.05) is 21.3 Å². The zero-order valence-corrected chi connectivity index (χ0v) is 31.5. The Morgan fingerprint density at radius 2 is 1.55 bits per heavy atom. The van der Waals surface area contributed by atoms with E-state index in [1.54, 1.807) is 59.0 Å². The molecular formula is C38H40ClN5O9. The van der Waals surface area contributed by atoms with Gasteiger partial charge in [0.2, 0.25) is 0 Å². The number of phenolic OH excluding ortho intramolecular Hbond substituents is 1. The number of phenols is 1. The first-order valence-electron chi connectivity index (χ1n) is 17.1. The fraction of sp³-hybridized carbons (Fsp3) is 0.421. The lowest BCUT2D eigenvalue weighted by molar-refractivity contribution is -0.151. The number of aromatic nitrogens is 5. The van der Waals surface area contributed by atoms with Crippen LogP contribution in [0, 0.1) is 10.8 Å². The molecule has 1 aliphatic heterocycles. The largest absolute Gasteiger partial charge is 0.503 e. The van der Waals surface area contributed by atoms with Crippen molar-refractivity contribution in [3.63, 3.8) is 0 Å². The molecule has 1 fully saturated rings. The number of benzene rings is 2. The molecule has 53 heavy (non-hydrogen) atoms. The van der Waals surface area contributed by atoms with Gasteiger partial charge in [-0.3, -0.25) is 14.4 Å². The number of carbonyl (C=O) groups is 2. The van der Waals surface area contributed by atoms with Crippen molar-refractivity contribution in [1.82, 2.24) is 23.5 Å². The average molecular weight is 746 g/mol. The van der Waals surface area contributed by atoms with E-state index in [-0.39, 0.29) is 59.7 Å². The van der Waals surface area contributed by atoms with E-state index in [9.17, 15) is 29.1 Å². The molecule has 0 bridgehead atoms. The van der Waals surface area contributed by atoms with Crippen LogP contribution in [0.3, 0.4) is 0 Å². The predicted octanol–water partition coefficient (Wildman–Crippen LogP) is 3.86. The fourth-order valence-electron chi connectivity index (χ4n) is 8.82. The van der Waals surface area contributed by atoms with Crippen LogP contribution in [0.15, 0.2) is 61.4 Å². The molecule has 2 aromatic heterocycles. The SMILES string of the molecule is COc1cc2nc(CCn3c(=O)n4n(c3=O)[C@@H]3C[C@@]5(C)C(=O)C(C)=C(C)C(=O)[C@@]5(C)[C@@H](c5cc(Cl)c(O)c(OC)c5)C3=CC4)c(=O)n(C)c2cc1OC. The van der Waals surface area contributed by atoms with Crippen molar-refractivity contribution in [2.45, 2.75) is 65.6 Å². The quantitative estimate of drug-likeness (QED) is 0.275. The van der Waals surface area contributed by atoms with Gasteiger partial charge in [-0.15, -0.1) is 0 Å². The van der Waals surface area contributed by atoms with Gasteiger partial charge in [0.1, 0.15) is 5.69 Å². The van der Waals surface area contributed by atoms with Crippen molar-refractivity contribution < 1.29 is 28.9 Å². The monoisotopic (exact) mass is 745 g/mol. The lowest BCUT2D eigenvalue weighted by Gasteiger charge is -2.58. The van der Waals surface area contributed by atoms with Crippen molar-refractivity contribution in [3.05, 3.63) is 94.7 Å². The molecule has 4 atom stereocenters. The number of fused-ring (bicyclic) bond motifs is 5. The molecule has 3 aliphatic rings. The van der Waals surface area contributed by atoms with E-state index in [1.165, 1.54) is 35.3 Å². The molecule has 2 aromatic carbocycles. The maximum Gasteiger partial charge on any atom is 0.347 e. The summed E-state index contributed by atoms with van der Waals surface area (Å²) >= 11 is 6.51. The molecule has 0 amide bonds. The molecule has 3 heterocycles. The van der Waals surface area contributed by atoms with Crippen molar-refractivity contribution in [1.29, 1.82) is 0 Å². The van der Waals surface area contributed by atoms with Crippen LogP contribution in [-0.2, 0) is 36.1 Å². The maximum absolute atomic E-state index is 14.5. The number of hydrogen-bond acceptors (Lipinski definition) is 10. The van der Waals surface area contributed by atoms with Gasteiger partial charge in [0, 0.05) is 43.5 Å². The summed E-state index contributed by atoms with van der Waals surface area (Å²) in [6, 6.07) is 5.66. The maximum atomic E-state index is 14.5. The Morgan fingerprint density at radius 3 is 2.21 bits per heavy atom. The Morgan fingerprint density at radius 1 is 0.906 bits per heavy atom. The van der Waals surface area contributed by atoms with Crippen LogP contribution in [-0.4, -0.2) is 61.5 Å². The van der Waals surface area contributed by atoms with E-state index in [1.807, 2.05) is 6.08 Å². The van der Waals surface area contributed by atoms with Gasteiger partial charge in [-0.05, 0) is 54.7 Å². The summed E-state index contributed by atoms with van der Waals surface area (Å²) in [4.78, 5) is 75.2. The number of ether oxygens (including phenoxy) is 3. The second-order valence-corrected chi connectivity index (χ2v) is 14.8. The Hall–Kier alpha value is -5.37. The minimum atomic E-state index is -1.33. The number of aromatic hydroxyl groups is 1. The van der Waals surface area contributed by atoms with Crippen LogP contribution in [0.5, 0.6) is 23.0 Å². The first-order chi connectivity index (χ1) is 25.0. The number of rotatable bonds is 7. The summed E-state index contributed by atoms with van der Waals surface area (Å²) in [5, 5.41) is 10.6. The first kappa shape index (κ1) is 36.0. The average Bonchev–Trinajstić information content (AvgIpc) is 3.39. The van der Waals surface area contributed by atoms with Crippen LogP contribution in [0.4, 0.5) is 0 Å². The summed E-state index contributed by atoms with van der Waals surface area (Å²) < 4.78 is 21.4. The van der Waals surface area contributed by atoms with Crippen molar-refractivity contribution in [2.24, 2.45) is 17.9 Å². The number of aryl methyl sites for hydroxylation is 2. The van der Waals surface area contributed by atoms with Gasteiger partial charge in [-0.1, -0.05) is 31.5 Å². The number of hydrogen-bond donors (Lipinski definition) is 1. The highest BCUT2D eigenvalue weighted by Gasteiger charge is 2.66. The van der Waals surface area contributed by atoms with Gasteiger partial charge in [-0.25, -0.2) is 28.5 Å². The Balaban J connectivity index is 1.35. The van der Waals surface area contributed by atoms with Crippen LogP contribution in [0.2, 0.25) is 5.02 Å². The van der Waals surface area contributed by atoms with Crippen LogP contribution in [0.1, 0.15) is 57.3 Å². The van der Waals surface area contributed by atoms with Crippen LogP contribution < -0.4 is 31.1 Å². The van der Waals surface area contributed by atoms with Gasteiger partial charge < -0.3 is 23.9 Å². The molecule has 0 saturated heterocycles. The molecule has 1 saturated carbocycles. The highest BCUT2D eigenvalue weighted by Crippen LogP contribution is 2.66. The predicted molar refractivity (Wildman–Crippen MR) is 195 cm³/mol. The second kappa shape index (κ2) is 12.4. The third kappa shape index (κ3) is 4.83. The van der Waals surface area contributed by atoms with Crippen molar-refractivity contribution >= 4 is 34.2 Å². The Kier molecular flexibility index (Phi) is 8.40. The first-order valence-corrected chi connectivity index (χ1v) is 17.5. The van der Waals surface area contributed by atoms with E-state index in [0.29, 0.717) is 44.8 Å². The topological polar surface area (TPSA) is 166 Å². The fourth-order valence-corrected chi connectivity index (χ4v) is 9.04. The minimum Gasteiger partial charge on any atom is -0.503 e. The molecule has 278 valence electrons. The summed E-state index contributed by atoms with van der Waals surface area (Å²) in [5.41, 5.74) is -1.24. The number of carbonyl (C=O) groups excluding carboxylic acids is 2. The third-order valence-electron chi connectivity index (χ3n) is 12.0. The molecule has 4 aromatic rings. The second-order valence-electron chi connectivity index (χ2n) is 14.4. The molecule has 0 radical (unpaired) electrons. The van der Waals surface area contributed by atoms with Crippen LogP contribution in [0.25, 0.3) is 11.0 Å². The Labute approximate surface area is 308 Å². The summed E-state index contributed by atoms with van der Waals surface area (Å²) in [7, 11) is 5.98. The molecular weight excluding hydrogens is 706 g/mol. The zero-order valence-electron chi connectivity index (χ0n) is 30.7. The number of halogens is 1. The van der Waals surface area contributed by atoms with Crippen molar-refractivity contribution in [3.8, 4) is 23.0 Å². The summed E-state index contributed by atoms with van der Waals surface area (Å²) in [6.07, 6.45) is 1.87. The molecule has 15 heteroatoms. The summed E-state index contributed by atoms with van der Waals surface area (Å²) in [6.45, 7) is 6.67. The Bertz CT molecular complexity index is 2540. The van der Waals surface area contributed by atoms with Gasteiger partial charge in [-0.2, -0.15) is 0 Å². The smallest absolute Gasteiger partial charge is 0.347 e. The molecule has 0 spiro atoms. The highest BCUT2D eigenvalue weighted by atomic mass is 35.5. The number of nitrogens with zero attached hydrogens (tertiary/aromatic N) is 5. The summed E-state index contributed by atoms with van der Waals surface area (Å²) in [5.74, 6) is -0.555. The van der Waals surface area contributed by atoms with Crippen LogP contribution >= 0.6 is 11.6 Å². The minimum absolute atomic E-state index is 0.00670. The van der Waals surface area contributed by atoms with E-state index in [2.05, 4.69) is 4.98 Å². The van der Waals surface area contributed by atoms with E-state index >= 15 is 0 Å². The van der Waals surface area contributed by atoms with E-state index in [0.717, 1.165) is 4.57 Å². The number of methoxy groups -OCH3 is 3. The van der Waals surface area contributed by atoms with Gasteiger partial charge in [0.15, 0.2) is 34.6 Å². The lowest BCUT2D eigenvalue weighted by atomic mass is 9.43. The molecule has 1 N–H and O–H groups in total. The lowest BCUT2D eigenvalue weighted by Crippen LogP contribution is -2.61. The molecule has 14 nitrogen and oxygen atoms in total. The molecule has 2 aliphatic carbocycles. The third-order valence-corrected chi connectivity index (χ3v) is 12.3. The highest BCUT2D eigenvalue weighted by molar-refractivity contribution is 6.32. The van der Waals surface area contributed by atoms with E-state index in [4.69, 9.17) is 25.8 Å². The molecule has 7 rings (SSSR count).